The smallest absolute Gasteiger partial charge is 0.306 e. The molecular formula is C18H15NO3. The van der Waals surface area contributed by atoms with Crippen molar-refractivity contribution in [2.24, 2.45) is 0 Å². The second-order valence-corrected chi connectivity index (χ2v) is 4.85. The van der Waals surface area contributed by atoms with Gasteiger partial charge in [-0.25, -0.2) is 0 Å². The van der Waals surface area contributed by atoms with E-state index in [1.807, 2.05) is 48.5 Å². The molecule has 0 atom stereocenters. The third kappa shape index (κ3) is 2.86. The lowest BCUT2D eigenvalue weighted by Gasteiger charge is -2.21. The zero-order chi connectivity index (χ0) is 15.4. The minimum absolute atomic E-state index is 0.193. The first-order chi connectivity index (χ1) is 10.8. The number of hydrogen-bond acceptors (Lipinski definition) is 3. The van der Waals surface area contributed by atoms with E-state index in [2.05, 4.69) is 0 Å². The van der Waals surface area contributed by atoms with E-state index in [0.717, 1.165) is 5.56 Å². The molecule has 0 bridgehead atoms. The summed E-state index contributed by atoms with van der Waals surface area (Å²) in [4.78, 5) is 14.3. The maximum absolute atomic E-state index is 12.8. The minimum Gasteiger partial charge on any atom is -0.479 e. The Bertz CT molecular complexity index is 750. The topological polar surface area (TPSA) is 53.7 Å². The first-order valence-electron chi connectivity index (χ1n) is 6.93. The Labute approximate surface area is 128 Å². The van der Waals surface area contributed by atoms with Gasteiger partial charge in [0.15, 0.2) is 0 Å². The van der Waals surface area contributed by atoms with Crippen LogP contribution in [0.1, 0.15) is 15.9 Å². The van der Waals surface area contributed by atoms with Gasteiger partial charge in [0.05, 0.1) is 12.8 Å². The average molecular weight is 293 g/mol. The van der Waals surface area contributed by atoms with Gasteiger partial charge in [-0.15, -0.1) is 0 Å². The molecule has 3 rings (SSSR count). The highest BCUT2D eigenvalue weighted by atomic mass is 16.5. The molecule has 110 valence electrons. The summed E-state index contributed by atoms with van der Waals surface area (Å²) in [6.07, 6.45) is 1.36. The van der Waals surface area contributed by atoms with Gasteiger partial charge < -0.3 is 9.52 Å². The van der Waals surface area contributed by atoms with Gasteiger partial charge in [0.2, 0.25) is 0 Å². The van der Waals surface area contributed by atoms with Crippen LogP contribution in [-0.4, -0.2) is 11.0 Å². The molecule has 4 heteroatoms. The molecule has 1 aromatic heterocycles. The van der Waals surface area contributed by atoms with Gasteiger partial charge >= 0.3 is 5.95 Å². The van der Waals surface area contributed by atoms with Crippen LogP contribution in [0.2, 0.25) is 0 Å². The third-order valence-electron chi connectivity index (χ3n) is 3.36. The molecule has 4 nitrogen and oxygen atoms in total. The van der Waals surface area contributed by atoms with Crippen LogP contribution in [0.15, 0.2) is 77.4 Å². The Morgan fingerprint density at radius 2 is 1.59 bits per heavy atom. The lowest BCUT2D eigenvalue weighted by atomic mass is 10.1. The largest absolute Gasteiger partial charge is 0.479 e. The van der Waals surface area contributed by atoms with E-state index in [4.69, 9.17) is 4.42 Å². The van der Waals surface area contributed by atoms with Gasteiger partial charge in [0.25, 0.3) is 5.91 Å². The standard InChI is InChI=1S/C18H15NO3/c20-17(15-9-5-2-6-10-15)19(16-11-12-22-18(16)21)13-14-7-3-1-4-8-14/h1-12,21H,13H2. The monoisotopic (exact) mass is 293 g/mol. The normalized spacial score (nSPS) is 10.4. The van der Waals surface area contributed by atoms with E-state index < -0.39 is 0 Å². The summed E-state index contributed by atoms with van der Waals surface area (Å²) in [6.45, 7) is 0.349. The average Bonchev–Trinajstić information content (AvgIpc) is 3.00. The van der Waals surface area contributed by atoms with Crippen LogP contribution >= 0.6 is 0 Å². The molecule has 2 aromatic carbocycles. The highest BCUT2D eigenvalue weighted by molar-refractivity contribution is 6.06. The van der Waals surface area contributed by atoms with Crippen LogP contribution in [0.4, 0.5) is 5.69 Å². The highest BCUT2D eigenvalue weighted by Crippen LogP contribution is 2.30. The maximum Gasteiger partial charge on any atom is 0.306 e. The molecule has 0 aliphatic rings. The van der Waals surface area contributed by atoms with Gasteiger partial charge in [0.1, 0.15) is 5.69 Å². The lowest BCUT2D eigenvalue weighted by Crippen LogP contribution is -2.30. The second-order valence-electron chi connectivity index (χ2n) is 4.85. The molecule has 1 heterocycles. The van der Waals surface area contributed by atoms with Crippen LogP contribution in [0.5, 0.6) is 5.95 Å². The first kappa shape index (κ1) is 13.9. The Morgan fingerprint density at radius 1 is 0.955 bits per heavy atom. The van der Waals surface area contributed by atoms with E-state index in [0.29, 0.717) is 17.8 Å². The zero-order valence-corrected chi connectivity index (χ0v) is 11.8. The number of benzene rings is 2. The fourth-order valence-electron chi connectivity index (χ4n) is 2.27. The number of carbonyl (C=O) groups excluding carboxylic acids is 1. The van der Waals surface area contributed by atoms with Crippen LogP contribution < -0.4 is 4.90 Å². The molecule has 22 heavy (non-hydrogen) atoms. The van der Waals surface area contributed by atoms with E-state index in [9.17, 15) is 9.90 Å². The summed E-state index contributed by atoms with van der Waals surface area (Å²) in [6, 6.07) is 20.2. The van der Waals surface area contributed by atoms with Crippen LogP contribution in [0, 0.1) is 0 Å². The van der Waals surface area contributed by atoms with Crippen LogP contribution in [0.25, 0.3) is 0 Å². The molecule has 0 saturated carbocycles. The van der Waals surface area contributed by atoms with Crippen molar-refractivity contribution in [3.63, 3.8) is 0 Å². The van der Waals surface area contributed by atoms with Crippen molar-refractivity contribution in [3.05, 3.63) is 84.1 Å². The lowest BCUT2D eigenvalue weighted by molar-refractivity contribution is 0.0983. The molecule has 0 spiro atoms. The first-order valence-corrected chi connectivity index (χ1v) is 6.93. The summed E-state index contributed by atoms with van der Waals surface area (Å²) in [5.74, 6) is -0.457. The van der Waals surface area contributed by atoms with E-state index >= 15 is 0 Å². The third-order valence-corrected chi connectivity index (χ3v) is 3.36. The molecule has 0 unspecified atom stereocenters. The van der Waals surface area contributed by atoms with Gasteiger partial charge in [-0.05, 0) is 17.7 Å². The Hall–Kier alpha value is -3.01. The van der Waals surface area contributed by atoms with Crippen molar-refractivity contribution in [3.8, 4) is 5.95 Å². The number of aromatic hydroxyl groups is 1. The summed E-state index contributed by atoms with van der Waals surface area (Å²) in [5.41, 5.74) is 1.88. The molecule has 0 fully saturated rings. The molecule has 0 radical (unpaired) electrons. The van der Waals surface area contributed by atoms with Gasteiger partial charge in [-0.1, -0.05) is 48.5 Å². The molecule has 0 aliphatic carbocycles. The van der Waals surface area contributed by atoms with E-state index in [1.54, 1.807) is 18.2 Å². The van der Waals surface area contributed by atoms with Crippen LogP contribution in [-0.2, 0) is 6.54 Å². The molecule has 1 amide bonds. The quantitative estimate of drug-likeness (QED) is 0.795. The number of rotatable bonds is 4. The fourth-order valence-corrected chi connectivity index (χ4v) is 2.27. The minimum atomic E-state index is -0.264. The maximum atomic E-state index is 12.8. The second kappa shape index (κ2) is 6.18. The predicted octanol–water partition coefficient (Wildman–Crippen LogP) is 3.83. The number of amides is 1. The van der Waals surface area contributed by atoms with Crippen molar-refractivity contribution in [2.45, 2.75) is 6.54 Å². The molecule has 0 aliphatic heterocycles. The van der Waals surface area contributed by atoms with Crippen molar-refractivity contribution in [1.29, 1.82) is 0 Å². The summed E-state index contributed by atoms with van der Waals surface area (Å²) in [5, 5.41) is 9.83. The number of anilines is 1. The number of furan rings is 1. The molecule has 0 saturated heterocycles. The number of nitrogens with zero attached hydrogens (tertiary/aromatic N) is 1. The predicted molar refractivity (Wildman–Crippen MR) is 83.8 cm³/mol. The van der Waals surface area contributed by atoms with Gasteiger partial charge in [-0.2, -0.15) is 0 Å². The molecular weight excluding hydrogens is 278 g/mol. The molecule has 1 N–H and O–H groups in total. The van der Waals surface area contributed by atoms with E-state index in [1.165, 1.54) is 11.2 Å². The van der Waals surface area contributed by atoms with Gasteiger partial charge in [0, 0.05) is 11.6 Å². The fraction of sp³-hybridized carbons (Fsp3) is 0.0556. The number of carbonyl (C=O) groups is 1. The van der Waals surface area contributed by atoms with Crippen LogP contribution in [0.3, 0.4) is 0 Å². The van der Waals surface area contributed by atoms with E-state index in [-0.39, 0.29) is 11.9 Å². The molecule has 3 aromatic rings. The zero-order valence-electron chi connectivity index (χ0n) is 11.8. The number of hydrogen-bond donors (Lipinski definition) is 1. The van der Waals surface area contributed by atoms with Crippen molar-refractivity contribution < 1.29 is 14.3 Å². The Kier molecular flexibility index (Phi) is 3.92. The Balaban J connectivity index is 1.96. The highest BCUT2D eigenvalue weighted by Gasteiger charge is 2.22. The van der Waals surface area contributed by atoms with Crippen molar-refractivity contribution >= 4 is 11.6 Å². The van der Waals surface area contributed by atoms with Crippen molar-refractivity contribution in [1.82, 2.24) is 0 Å². The van der Waals surface area contributed by atoms with Crippen molar-refractivity contribution in [2.75, 3.05) is 4.90 Å². The summed E-state index contributed by atoms with van der Waals surface area (Å²) in [7, 11) is 0. The summed E-state index contributed by atoms with van der Waals surface area (Å²) < 4.78 is 4.93. The van der Waals surface area contributed by atoms with Gasteiger partial charge in [-0.3, -0.25) is 9.69 Å². The SMILES string of the molecule is O=C(c1ccccc1)N(Cc1ccccc1)c1ccoc1O. The Morgan fingerprint density at radius 3 is 2.18 bits per heavy atom. The summed E-state index contributed by atoms with van der Waals surface area (Å²) >= 11 is 0.